The first-order valence-corrected chi connectivity index (χ1v) is 4.19. The average molecular weight is 210 g/mol. The van der Waals surface area contributed by atoms with Gasteiger partial charge in [0.15, 0.2) is 5.78 Å². The van der Waals surface area contributed by atoms with Crippen LogP contribution in [-0.4, -0.2) is 26.9 Å². The van der Waals surface area contributed by atoms with E-state index in [-0.39, 0.29) is 17.1 Å². The summed E-state index contributed by atoms with van der Waals surface area (Å²) < 4.78 is 0. The fourth-order valence-corrected chi connectivity index (χ4v) is 1.20. The standard InChI is InChI=1S/C10H10O5/c1-5(11)2-7(13)10-8(14)3-6(12)4-9(10)15/h3-4,12,14-15H,2H2,1H3. The fourth-order valence-electron chi connectivity index (χ4n) is 1.20. The van der Waals surface area contributed by atoms with Gasteiger partial charge in [-0.15, -0.1) is 0 Å². The second-order valence-corrected chi connectivity index (χ2v) is 3.16. The lowest BCUT2D eigenvalue weighted by Crippen LogP contribution is -2.05. The molecule has 0 fully saturated rings. The van der Waals surface area contributed by atoms with Gasteiger partial charge in [0.2, 0.25) is 0 Å². The molecule has 15 heavy (non-hydrogen) atoms. The third kappa shape index (κ3) is 2.46. The minimum atomic E-state index is -0.683. The van der Waals surface area contributed by atoms with Gasteiger partial charge in [-0.1, -0.05) is 0 Å². The lowest BCUT2D eigenvalue weighted by molar-refractivity contribution is -0.116. The molecule has 0 unspecified atom stereocenters. The van der Waals surface area contributed by atoms with Crippen molar-refractivity contribution in [2.45, 2.75) is 13.3 Å². The van der Waals surface area contributed by atoms with Gasteiger partial charge in [-0.3, -0.25) is 9.59 Å². The van der Waals surface area contributed by atoms with E-state index >= 15 is 0 Å². The van der Waals surface area contributed by atoms with E-state index in [0.29, 0.717) is 0 Å². The molecular formula is C10H10O5. The zero-order chi connectivity index (χ0) is 11.6. The number of hydrogen-bond acceptors (Lipinski definition) is 5. The van der Waals surface area contributed by atoms with E-state index in [1.54, 1.807) is 0 Å². The molecule has 5 heteroatoms. The first-order chi connectivity index (χ1) is 6.91. The third-order valence-corrected chi connectivity index (χ3v) is 1.77. The Balaban J connectivity index is 3.14. The van der Waals surface area contributed by atoms with Crippen LogP contribution >= 0.6 is 0 Å². The maximum atomic E-state index is 11.4. The summed E-state index contributed by atoms with van der Waals surface area (Å²) >= 11 is 0. The van der Waals surface area contributed by atoms with Crippen molar-refractivity contribution in [1.29, 1.82) is 0 Å². The molecule has 0 atom stereocenters. The van der Waals surface area contributed by atoms with Gasteiger partial charge in [0.05, 0.1) is 6.42 Å². The van der Waals surface area contributed by atoms with Gasteiger partial charge in [0, 0.05) is 12.1 Å². The Morgan fingerprint density at radius 2 is 1.60 bits per heavy atom. The first-order valence-electron chi connectivity index (χ1n) is 4.19. The zero-order valence-electron chi connectivity index (χ0n) is 8.02. The molecule has 1 aromatic rings. The molecule has 0 aliphatic rings. The number of carbonyl (C=O) groups excluding carboxylic acids is 2. The van der Waals surface area contributed by atoms with Crippen LogP contribution < -0.4 is 0 Å². The van der Waals surface area contributed by atoms with Crippen molar-refractivity contribution in [3.63, 3.8) is 0 Å². The number of phenolic OH excluding ortho intramolecular Hbond substituents is 3. The molecule has 3 N–H and O–H groups in total. The van der Waals surface area contributed by atoms with Gasteiger partial charge < -0.3 is 15.3 Å². The normalized spacial score (nSPS) is 9.93. The number of rotatable bonds is 3. The summed E-state index contributed by atoms with van der Waals surface area (Å²) in [6, 6.07) is 1.85. The van der Waals surface area contributed by atoms with Gasteiger partial charge >= 0.3 is 0 Å². The van der Waals surface area contributed by atoms with Crippen LogP contribution in [0.2, 0.25) is 0 Å². The molecule has 0 aliphatic heterocycles. The average Bonchev–Trinajstić information content (AvgIpc) is 1.99. The number of carbonyl (C=O) groups is 2. The Morgan fingerprint density at radius 1 is 1.13 bits per heavy atom. The lowest BCUT2D eigenvalue weighted by Gasteiger charge is -2.05. The summed E-state index contributed by atoms with van der Waals surface area (Å²) in [7, 11) is 0. The van der Waals surface area contributed by atoms with Crippen LogP contribution in [0.1, 0.15) is 23.7 Å². The maximum absolute atomic E-state index is 11.4. The first kappa shape index (κ1) is 11.0. The predicted molar refractivity (Wildman–Crippen MR) is 51.1 cm³/mol. The molecule has 0 saturated carbocycles. The van der Waals surface area contributed by atoms with Crippen LogP contribution in [0.4, 0.5) is 0 Å². The summed E-state index contributed by atoms with van der Waals surface area (Å²) in [6.07, 6.45) is -0.397. The van der Waals surface area contributed by atoms with Crippen molar-refractivity contribution in [3.05, 3.63) is 17.7 Å². The largest absolute Gasteiger partial charge is 0.508 e. The van der Waals surface area contributed by atoms with E-state index in [1.807, 2.05) is 0 Å². The van der Waals surface area contributed by atoms with Crippen LogP contribution in [-0.2, 0) is 4.79 Å². The number of aromatic hydroxyl groups is 3. The summed E-state index contributed by atoms with van der Waals surface area (Å²) in [5.41, 5.74) is -0.344. The zero-order valence-corrected chi connectivity index (χ0v) is 8.02. The maximum Gasteiger partial charge on any atom is 0.177 e. The molecule has 0 aliphatic carbocycles. The second kappa shape index (κ2) is 4.00. The van der Waals surface area contributed by atoms with Crippen molar-refractivity contribution in [2.24, 2.45) is 0 Å². The van der Waals surface area contributed by atoms with E-state index in [0.717, 1.165) is 12.1 Å². The molecule has 1 aromatic carbocycles. The van der Waals surface area contributed by atoms with Crippen molar-refractivity contribution in [2.75, 3.05) is 0 Å². The van der Waals surface area contributed by atoms with Crippen molar-refractivity contribution in [3.8, 4) is 17.2 Å². The fraction of sp³-hybridized carbons (Fsp3) is 0.200. The number of phenols is 3. The minimum absolute atomic E-state index is 0.344. The SMILES string of the molecule is CC(=O)CC(=O)c1c(O)cc(O)cc1O. The summed E-state index contributed by atoms with van der Waals surface area (Å²) in [5, 5.41) is 27.6. The monoisotopic (exact) mass is 210 g/mol. The Hall–Kier alpha value is -2.04. The van der Waals surface area contributed by atoms with E-state index < -0.39 is 23.7 Å². The van der Waals surface area contributed by atoms with Crippen molar-refractivity contribution < 1.29 is 24.9 Å². The number of hydrogen-bond donors (Lipinski definition) is 3. The molecule has 1 rings (SSSR count). The molecular weight excluding hydrogens is 200 g/mol. The molecule has 0 saturated heterocycles. The lowest BCUT2D eigenvalue weighted by atomic mass is 10.0. The number of ketones is 2. The van der Waals surface area contributed by atoms with Crippen LogP contribution in [0.3, 0.4) is 0 Å². The van der Waals surface area contributed by atoms with Crippen LogP contribution in [0.25, 0.3) is 0 Å². The second-order valence-electron chi connectivity index (χ2n) is 3.16. The van der Waals surface area contributed by atoms with Gasteiger partial charge in [0.25, 0.3) is 0 Å². The van der Waals surface area contributed by atoms with Gasteiger partial charge in [-0.2, -0.15) is 0 Å². The molecule has 5 nitrogen and oxygen atoms in total. The highest BCUT2D eigenvalue weighted by Crippen LogP contribution is 2.32. The Kier molecular flexibility index (Phi) is 2.94. The highest BCUT2D eigenvalue weighted by Gasteiger charge is 2.18. The number of Topliss-reactive ketones (excluding diaryl/α,β-unsaturated/α-hetero) is 2. The highest BCUT2D eigenvalue weighted by atomic mass is 16.3. The van der Waals surface area contributed by atoms with Gasteiger partial charge in [0.1, 0.15) is 28.6 Å². The molecule has 0 aromatic heterocycles. The molecule has 0 radical (unpaired) electrons. The molecule has 0 amide bonds. The van der Waals surface area contributed by atoms with E-state index in [1.165, 1.54) is 6.92 Å². The minimum Gasteiger partial charge on any atom is -0.508 e. The highest BCUT2D eigenvalue weighted by molar-refractivity contribution is 6.10. The summed E-state index contributed by atoms with van der Waals surface area (Å²) in [4.78, 5) is 22.1. The molecule has 0 heterocycles. The Labute approximate surface area is 85.6 Å². The summed E-state index contributed by atoms with van der Waals surface area (Å²) in [6.45, 7) is 1.23. The topological polar surface area (TPSA) is 94.8 Å². The van der Waals surface area contributed by atoms with E-state index in [4.69, 9.17) is 5.11 Å². The summed E-state index contributed by atoms with van der Waals surface area (Å²) in [5.74, 6) is -2.49. The predicted octanol–water partition coefficient (Wildman–Crippen LogP) is 0.965. The number of benzene rings is 1. The Bertz CT molecular complexity index is 399. The van der Waals surface area contributed by atoms with Gasteiger partial charge in [-0.25, -0.2) is 0 Å². The molecule has 0 spiro atoms. The van der Waals surface area contributed by atoms with Gasteiger partial charge in [-0.05, 0) is 6.92 Å². The molecule has 80 valence electrons. The van der Waals surface area contributed by atoms with E-state index in [9.17, 15) is 19.8 Å². The Morgan fingerprint density at radius 3 is 2.00 bits per heavy atom. The quantitative estimate of drug-likeness (QED) is 0.510. The van der Waals surface area contributed by atoms with Crippen LogP contribution in [0.15, 0.2) is 12.1 Å². The van der Waals surface area contributed by atoms with E-state index in [2.05, 4.69) is 0 Å². The molecule has 0 bridgehead atoms. The van der Waals surface area contributed by atoms with Crippen molar-refractivity contribution in [1.82, 2.24) is 0 Å². The van der Waals surface area contributed by atoms with Crippen LogP contribution in [0.5, 0.6) is 17.2 Å². The van der Waals surface area contributed by atoms with Crippen LogP contribution in [0, 0.1) is 0 Å². The van der Waals surface area contributed by atoms with Crippen molar-refractivity contribution >= 4 is 11.6 Å². The third-order valence-electron chi connectivity index (χ3n) is 1.77. The smallest absolute Gasteiger partial charge is 0.177 e.